The molecule has 0 unspecified atom stereocenters. The van der Waals surface area contributed by atoms with Crippen LogP contribution < -0.4 is 4.74 Å². The lowest BCUT2D eigenvalue weighted by atomic mass is 9.99. The van der Waals surface area contributed by atoms with Crippen molar-refractivity contribution in [3.63, 3.8) is 0 Å². The van der Waals surface area contributed by atoms with Crippen LogP contribution in [-0.2, 0) is 0 Å². The molecule has 100 valence electrons. The van der Waals surface area contributed by atoms with Gasteiger partial charge >= 0.3 is 0 Å². The summed E-state index contributed by atoms with van der Waals surface area (Å²) in [7, 11) is 1.62. The summed E-state index contributed by atoms with van der Waals surface area (Å²) in [4.78, 5) is 15.8. The van der Waals surface area contributed by atoms with Gasteiger partial charge in [-0.15, -0.1) is 0 Å². The molecule has 0 saturated heterocycles. The number of methoxy groups -OCH3 is 1. The van der Waals surface area contributed by atoms with Crippen molar-refractivity contribution in [1.29, 1.82) is 0 Å². The van der Waals surface area contributed by atoms with Crippen LogP contribution in [0.4, 0.5) is 0 Å². The second-order valence-corrected chi connectivity index (χ2v) is 4.76. The summed E-state index contributed by atoms with van der Waals surface area (Å²) in [6, 6.07) is 13.3. The van der Waals surface area contributed by atoms with E-state index in [0.717, 1.165) is 27.8 Å². The number of aryl methyl sites for hydroxylation is 1. The van der Waals surface area contributed by atoms with Crippen LogP contribution in [0.5, 0.6) is 5.75 Å². The molecule has 3 heteroatoms. The largest absolute Gasteiger partial charge is 0.497 e. The van der Waals surface area contributed by atoms with Crippen LogP contribution in [0.1, 0.15) is 21.5 Å². The minimum Gasteiger partial charge on any atom is -0.497 e. The summed E-state index contributed by atoms with van der Waals surface area (Å²) in [5, 5.41) is 0.887. The van der Waals surface area contributed by atoms with Gasteiger partial charge in [-0.25, -0.2) is 0 Å². The molecule has 0 aliphatic carbocycles. The Hall–Kier alpha value is -2.55. The number of carbonyl (C=O) groups is 1. The first-order chi connectivity index (χ1) is 9.70. The number of nitrogens with one attached hydrogen (secondary N) is 1. The van der Waals surface area contributed by atoms with Crippen LogP contribution in [0.3, 0.4) is 0 Å². The van der Waals surface area contributed by atoms with Crippen molar-refractivity contribution in [1.82, 2.24) is 4.98 Å². The number of H-pyrrole nitrogens is 1. The van der Waals surface area contributed by atoms with Gasteiger partial charge in [0.15, 0.2) is 5.78 Å². The molecule has 20 heavy (non-hydrogen) atoms. The molecule has 0 radical (unpaired) electrons. The molecule has 1 N–H and O–H groups in total. The fourth-order valence-electron chi connectivity index (χ4n) is 2.39. The molecule has 0 saturated carbocycles. The zero-order valence-corrected chi connectivity index (χ0v) is 11.4. The number of hydrogen-bond acceptors (Lipinski definition) is 2. The van der Waals surface area contributed by atoms with E-state index in [1.54, 1.807) is 13.3 Å². The Morgan fingerprint density at radius 3 is 2.65 bits per heavy atom. The highest BCUT2D eigenvalue weighted by molar-refractivity contribution is 6.17. The van der Waals surface area contributed by atoms with Gasteiger partial charge in [0.1, 0.15) is 5.75 Å². The molecular formula is C17H15NO2. The second-order valence-electron chi connectivity index (χ2n) is 4.76. The number of fused-ring (bicyclic) bond motifs is 1. The second kappa shape index (κ2) is 4.85. The van der Waals surface area contributed by atoms with E-state index in [9.17, 15) is 4.79 Å². The van der Waals surface area contributed by atoms with Crippen LogP contribution in [0, 0.1) is 6.92 Å². The summed E-state index contributed by atoms with van der Waals surface area (Å²) in [6.07, 6.45) is 1.76. The van der Waals surface area contributed by atoms with Gasteiger partial charge in [-0.2, -0.15) is 0 Å². The summed E-state index contributed by atoms with van der Waals surface area (Å²) in [5.74, 6) is 0.776. The molecule has 0 bridgehead atoms. The number of aromatic amines is 1. The van der Waals surface area contributed by atoms with Crippen molar-refractivity contribution in [2.45, 2.75) is 6.92 Å². The third-order valence-corrected chi connectivity index (χ3v) is 3.52. The van der Waals surface area contributed by atoms with Gasteiger partial charge in [0, 0.05) is 28.2 Å². The van der Waals surface area contributed by atoms with E-state index in [1.165, 1.54) is 0 Å². The molecule has 0 spiro atoms. The minimum absolute atomic E-state index is 0.0302. The molecule has 3 rings (SSSR count). The predicted octanol–water partition coefficient (Wildman–Crippen LogP) is 3.72. The molecule has 1 aromatic heterocycles. The fourth-order valence-corrected chi connectivity index (χ4v) is 2.39. The average Bonchev–Trinajstić information content (AvgIpc) is 2.89. The quantitative estimate of drug-likeness (QED) is 0.733. The maximum atomic E-state index is 12.7. The van der Waals surface area contributed by atoms with E-state index < -0.39 is 0 Å². The molecule has 0 fully saturated rings. The molecule has 0 aliphatic rings. The van der Waals surface area contributed by atoms with Crippen molar-refractivity contribution in [2.75, 3.05) is 7.11 Å². The maximum absolute atomic E-state index is 12.7. The lowest BCUT2D eigenvalue weighted by molar-refractivity contribution is 0.104. The van der Waals surface area contributed by atoms with Crippen molar-refractivity contribution in [3.05, 3.63) is 65.4 Å². The Labute approximate surface area is 117 Å². The fraction of sp³-hybridized carbons (Fsp3) is 0.118. The van der Waals surface area contributed by atoms with Crippen LogP contribution in [0.2, 0.25) is 0 Å². The average molecular weight is 265 g/mol. The zero-order valence-electron chi connectivity index (χ0n) is 11.4. The third-order valence-electron chi connectivity index (χ3n) is 3.52. The summed E-state index contributed by atoms with van der Waals surface area (Å²) in [6.45, 7) is 1.95. The highest BCUT2D eigenvalue weighted by atomic mass is 16.5. The Morgan fingerprint density at radius 1 is 1.10 bits per heavy atom. The van der Waals surface area contributed by atoms with E-state index in [1.807, 2.05) is 49.4 Å². The van der Waals surface area contributed by atoms with Crippen molar-refractivity contribution in [2.24, 2.45) is 0 Å². The van der Waals surface area contributed by atoms with E-state index in [0.29, 0.717) is 5.56 Å². The lowest BCUT2D eigenvalue weighted by Crippen LogP contribution is -2.02. The van der Waals surface area contributed by atoms with Crippen LogP contribution >= 0.6 is 0 Å². The minimum atomic E-state index is 0.0302. The summed E-state index contributed by atoms with van der Waals surface area (Å²) in [5.41, 5.74) is 3.32. The number of benzene rings is 2. The summed E-state index contributed by atoms with van der Waals surface area (Å²) >= 11 is 0. The lowest BCUT2D eigenvalue weighted by Gasteiger charge is -2.04. The van der Waals surface area contributed by atoms with Crippen molar-refractivity contribution < 1.29 is 9.53 Å². The predicted molar refractivity (Wildman–Crippen MR) is 79.5 cm³/mol. The number of ether oxygens (including phenoxy) is 1. The van der Waals surface area contributed by atoms with E-state index in [-0.39, 0.29) is 5.78 Å². The molecule has 3 aromatic rings. The standard InChI is InChI=1S/C17H15NO2/c1-11-5-3-4-6-13(11)17(19)15-10-18-16-8-7-12(20-2)9-14(15)16/h3-10,18H,1-2H3. The van der Waals surface area contributed by atoms with Gasteiger partial charge in [0.2, 0.25) is 0 Å². The maximum Gasteiger partial charge on any atom is 0.195 e. The molecule has 0 atom stereocenters. The highest BCUT2D eigenvalue weighted by Gasteiger charge is 2.16. The van der Waals surface area contributed by atoms with Crippen LogP contribution in [0.25, 0.3) is 10.9 Å². The summed E-state index contributed by atoms with van der Waals surface area (Å²) < 4.78 is 5.23. The Kier molecular flexibility index (Phi) is 3.03. The normalized spacial score (nSPS) is 10.7. The first-order valence-electron chi connectivity index (χ1n) is 6.46. The molecule has 2 aromatic carbocycles. The van der Waals surface area contributed by atoms with Crippen molar-refractivity contribution >= 4 is 16.7 Å². The Balaban J connectivity index is 2.15. The molecule has 3 nitrogen and oxygen atoms in total. The van der Waals surface area contributed by atoms with E-state index in [4.69, 9.17) is 4.74 Å². The first kappa shape index (κ1) is 12.5. The van der Waals surface area contributed by atoms with Gasteiger partial charge in [0.25, 0.3) is 0 Å². The van der Waals surface area contributed by atoms with Gasteiger partial charge in [0.05, 0.1) is 7.11 Å². The van der Waals surface area contributed by atoms with Gasteiger partial charge in [-0.3, -0.25) is 4.79 Å². The van der Waals surface area contributed by atoms with E-state index in [2.05, 4.69) is 4.98 Å². The van der Waals surface area contributed by atoms with Crippen LogP contribution in [-0.4, -0.2) is 17.9 Å². The Bertz CT molecular complexity index is 787. The van der Waals surface area contributed by atoms with E-state index >= 15 is 0 Å². The monoisotopic (exact) mass is 265 g/mol. The third kappa shape index (κ3) is 1.97. The number of ketones is 1. The van der Waals surface area contributed by atoms with Crippen LogP contribution in [0.15, 0.2) is 48.7 Å². The first-order valence-corrected chi connectivity index (χ1v) is 6.46. The Morgan fingerprint density at radius 2 is 1.90 bits per heavy atom. The molecule has 0 amide bonds. The van der Waals surface area contributed by atoms with Gasteiger partial charge < -0.3 is 9.72 Å². The number of hydrogen-bond donors (Lipinski definition) is 1. The van der Waals surface area contributed by atoms with Gasteiger partial charge in [-0.05, 0) is 30.7 Å². The molecule has 0 aliphatic heterocycles. The van der Waals surface area contributed by atoms with Gasteiger partial charge in [-0.1, -0.05) is 24.3 Å². The SMILES string of the molecule is COc1ccc2[nH]cc(C(=O)c3ccccc3C)c2c1. The number of aromatic nitrogens is 1. The molecular weight excluding hydrogens is 250 g/mol. The zero-order chi connectivity index (χ0) is 14.1. The highest BCUT2D eigenvalue weighted by Crippen LogP contribution is 2.26. The number of carbonyl (C=O) groups excluding carboxylic acids is 1. The smallest absolute Gasteiger partial charge is 0.195 e. The van der Waals surface area contributed by atoms with Crippen molar-refractivity contribution in [3.8, 4) is 5.75 Å². The topological polar surface area (TPSA) is 42.1 Å². The number of rotatable bonds is 3. The molecule has 1 heterocycles.